The van der Waals surface area contributed by atoms with E-state index in [1.54, 1.807) is 0 Å². The van der Waals surface area contributed by atoms with Gasteiger partial charge in [0.15, 0.2) is 5.78 Å². The summed E-state index contributed by atoms with van der Waals surface area (Å²) in [4.78, 5) is 54.2. The van der Waals surface area contributed by atoms with E-state index in [4.69, 9.17) is 34.8 Å². The van der Waals surface area contributed by atoms with Crippen LogP contribution in [0.2, 0.25) is 10.0 Å². The maximum Gasteiger partial charge on any atom is 0.273 e. The van der Waals surface area contributed by atoms with Gasteiger partial charge in [-0.25, -0.2) is 9.40 Å². The molecule has 0 bridgehead atoms. The zero-order valence-electron chi connectivity index (χ0n) is 18.6. The van der Waals surface area contributed by atoms with Crippen LogP contribution in [-0.2, 0) is 9.59 Å². The van der Waals surface area contributed by atoms with Gasteiger partial charge in [-0.2, -0.15) is 5.01 Å². The summed E-state index contributed by atoms with van der Waals surface area (Å²) in [5.74, 6) is -4.03. The van der Waals surface area contributed by atoms with Gasteiger partial charge >= 0.3 is 0 Å². The van der Waals surface area contributed by atoms with Crippen LogP contribution < -0.4 is 0 Å². The summed E-state index contributed by atoms with van der Waals surface area (Å²) in [5, 5.41) is 2.05. The molecule has 184 valence electrons. The molecule has 1 saturated heterocycles. The van der Waals surface area contributed by atoms with Crippen molar-refractivity contribution < 1.29 is 23.6 Å². The largest absolute Gasteiger partial charge is 0.292 e. The minimum absolute atomic E-state index is 0.0359. The molecule has 1 heterocycles. The summed E-state index contributed by atoms with van der Waals surface area (Å²) in [6, 6.07) is 7.67. The average Bonchev–Trinajstić information content (AvgIpc) is 3.10. The summed E-state index contributed by atoms with van der Waals surface area (Å²) in [6.07, 6.45) is 2.62. The summed E-state index contributed by atoms with van der Waals surface area (Å²) in [7, 11) is 0. The summed E-state index contributed by atoms with van der Waals surface area (Å²) in [5.41, 5.74) is 0.159. The number of hydrogen-bond donors (Lipinski definition) is 0. The van der Waals surface area contributed by atoms with E-state index in [0.717, 1.165) is 35.0 Å². The van der Waals surface area contributed by atoms with Gasteiger partial charge in [0.2, 0.25) is 0 Å². The fourth-order valence-corrected chi connectivity index (χ4v) is 5.27. The summed E-state index contributed by atoms with van der Waals surface area (Å²) in [6.45, 7) is 0. The number of amides is 3. The Kier molecular flexibility index (Phi) is 7.79. The standard InChI is InChI=1S/C25H22Cl3FN2O4/c26-12-11-21(22(32)14-5-8-16(29)9-6-14)30(23(33)15-7-10-19(27)20(28)13-15)31-24(34)17-3-1-2-4-18(17)25(31)35/h5-10,13,17-18,21H,1-4,11-12H2/t17-,18-,21-/m0/s1. The highest BCUT2D eigenvalue weighted by molar-refractivity contribution is 6.42. The number of hydrogen-bond acceptors (Lipinski definition) is 4. The van der Waals surface area contributed by atoms with Crippen LogP contribution in [0.1, 0.15) is 52.8 Å². The quantitative estimate of drug-likeness (QED) is 0.263. The molecule has 6 nitrogen and oxygen atoms in total. The fourth-order valence-electron chi connectivity index (χ4n) is 4.76. The van der Waals surface area contributed by atoms with Gasteiger partial charge in [-0.05, 0) is 61.7 Å². The molecule has 2 fully saturated rings. The first kappa shape index (κ1) is 25.6. The second kappa shape index (κ2) is 10.6. The molecule has 35 heavy (non-hydrogen) atoms. The van der Waals surface area contributed by atoms with Crippen LogP contribution in [0.15, 0.2) is 42.5 Å². The van der Waals surface area contributed by atoms with E-state index in [1.807, 2.05) is 0 Å². The summed E-state index contributed by atoms with van der Waals surface area (Å²) < 4.78 is 13.5. The first-order valence-electron chi connectivity index (χ1n) is 11.3. The Morgan fingerprint density at radius 1 is 0.943 bits per heavy atom. The predicted octanol–water partition coefficient (Wildman–Crippen LogP) is 5.55. The van der Waals surface area contributed by atoms with Crippen molar-refractivity contribution in [3.05, 3.63) is 69.5 Å². The zero-order valence-corrected chi connectivity index (χ0v) is 20.8. The molecule has 3 atom stereocenters. The van der Waals surface area contributed by atoms with Gasteiger partial charge in [0, 0.05) is 17.0 Å². The molecule has 1 aliphatic carbocycles. The Morgan fingerprint density at radius 2 is 1.51 bits per heavy atom. The third-order valence-electron chi connectivity index (χ3n) is 6.52. The number of alkyl halides is 1. The van der Waals surface area contributed by atoms with E-state index < -0.39 is 47.2 Å². The number of fused-ring (bicyclic) bond motifs is 1. The van der Waals surface area contributed by atoms with Crippen LogP contribution in [-0.4, -0.2) is 45.4 Å². The highest BCUT2D eigenvalue weighted by atomic mass is 35.5. The van der Waals surface area contributed by atoms with Crippen LogP contribution in [0.4, 0.5) is 4.39 Å². The number of hydrazine groups is 1. The highest BCUT2D eigenvalue weighted by Gasteiger charge is 2.53. The lowest BCUT2D eigenvalue weighted by molar-refractivity contribution is -0.156. The van der Waals surface area contributed by atoms with Crippen LogP contribution >= 0.6 is 34.8 Å². The van der Waals surface area contributed by atoms with E-state index in [0.29, 0.717) is 12.8 Å². The monoisotopic (exact) mass is 538 g/mol. The molecular weight excluding hydrogens is 518 g/mol. The number of halogens is 4. The lowest BCUT2D eigenvalue weighted by Gasteiger charge is -2.36. The van der Waals surface area contributed by atoms with Crippen molar-refractivity contribution in [2.75, 3.05) is 5.88 Å². The van der Waals surface area contributed by atoms with E-state index >= 15 is 0 Å². The SMILES string of the molecule is O=C(c1ccc(F)cc1)[C@H](CCCl)N(C(=O)c1ccc(Cl)c(Cl)c1)N1C(=O)[C@H]2CCCC[C@@H]2C1=O. The molecule has 3 amide bonds. The van der Waals surface area contributed by atoms with E-state index in [2.05, 4.69) is 0 Å². The van der Waals surface area contributed by atoms with Crippen molar-refractivity contribution in [3.8, 4) is 0 Å². The van der Waals surface area contributed by atoms with Gasteiger partial charge in [-0.3, -0.25) is 19.2 Å². The number of nitrogens with zero attached hydrogens (tertiary/aromatic N) is 2. The molecule has 0 radical (unpaired) electrons. The van der Waals surface area contributed by atoms with Gasteiger partial charge in [-0.1, -0.05) is 36.0 Å². The smallest absolute Gasteiger partial charge is 0.273 e. The van der Waals surface area contributed by atoms with Crippen molar-refractivity contribution in [2.45, 2.75) is 38.1 Å². The van der Waals surface area contributed by atoms with Crippen LogP contribution in [0, 0.1) is 17.7 Å². The molecular formula is C25H22Cl3FN2O4. The van der Waals surface area contributed by atoms with Crippen molar-refractivity contribution in [1.29, 1.82) is 0 Å². The molecule has 10 heteroatoms. The lowest BCUT2D eigenvalue weighted by atomic mass is 9.81. The number of rotatable bonds is 7. The van der Waals surface area contributed by atoms with Gasteiger partial charge in [-0.15, -0.1) is 11.6 Å². The Hall–Kier alpha value is -2.48. The van der Waals surface area contributed by atoms with Gasteiger partial charge < -0.3 is 0 Å². The highest BCUT2D eigenvalue weighted by Crippen LogP contribution is 2.40. The van der Waals surface area contributed by atoms with Gasteiger partial charge in [0.1, 0.15) is 11.9 Å². The average molecular weight is 540 g/mol. The molecule has 1 saturated carbocycles. The van der Waals surface area contributed by atoms with Crippen LogP contribution in [0.25, 0.3) is 0 Å². The minimum Gasteiger partial charge on any atom is -0.292 e. The van der Waals surface area contributed by atoms with Crippen molar-refractivity contribution in [1.82, 2.24) is 10.0 Å². The Morgan fingerprint density at radius 3 is 2.06 bits per heavy atom. The van der Waals surface area contributed by atoms with Crippen molar-refractivity contribution in [3.63, 3.8) is 0 Å². The Labute approximate surface area is 216 Å². The molecule has 0 unspecified atom stereocenters. The molecule has 4 rings (SSSR count). The topological polar surface area (TPSA) is 74.8 Å². The first-order valence-corrected chi connectivity index (χ1v) is 12.6. The van der Waals surface area contributed by atoms with E-state index in [-0.39, 0.29) is 33.5 Å². The zero-order chi connectivity index (χ0) is 25.3. The second-order valence-electron chi connectivity index (χ2n) is 8.63. The molecule has 2 aliphatic rings. The molecule has 0 aromatic heterocycles. The normalized spacial score (nSPS) is 20.5. The molecule has 0 spiro atoms. The van der Waals surface area contributed by atoms with Crippen LogP contribution in [0.5, 0.6) is 0 Å². The van der Waals surface area contributed by atoms with Gasteiger partial charge in [0.05, 0.1) is 21.9 Å². The lowest BCUT2D eigenvalue weighted by Crippen LogP contribution is -2.57. The third-order valence-corrected chi connectivity index (χ3v) is 7.47. The number of carbonyl (C=O) groups excluding carboxylic acids is 4. The maximum absolute atomic E-state index is 13.8. The van der Waals surface area contributed by atoms with E-state index in [1.165, 1.54) is 30.3 Å². The van der Waals surface area contributed by atoms with Crippen LogP contribution in [0.3, 0.4) is 0 Å². The predicted molar refractivity (Wildman–Crippen MR) is 130 cm³/mol. The number of carbonyl (C=O) groups is 4. The number of Topliss-reactive ketones (excluding diaryl/α,β-unsaturated/α-hetero) is 1. The number of ketones is 1. The maximum atomic E-state index is 13.8. The molecule has 2 aromatic rings. The minimum atomic E-state index is -1.28. The third kappa shape index (κ3) is 4.95. The molecule has 2 aromatic carbocycles. The summed E-state index contributed by atoms with van der Waals surface area (Å²) >= 11 is 18.1. The fraction of sp³-hybridized carbons (Fsp3) is 0.360. The Balaban J connectivity index is 1.81. The van der Waals surface area contributed by atoms with Gasteiger partial charge in [0.25, 0.3) is 17.7 Å². The number of imide groups is 1. The first-order chi connectivity index (χ1) is 16.7. The molecule has 0 N–H and O–H groups in total. The Bertz CT molecular complexity index is 1150. The van der Waals surface area contributed by atoms with Crippen molar-refractivity contribution in [2.24, 2.45) is 11.8 Å². The van der Waals surface area contributed by atoms with E-state index in [9.17, 15) is 23.6 Å². The van der Waals surface area contributed by atoms with Crippen molar-refractivity contribution >= 4 is 58.3 Å². The second-order valence-corrected chi connectivity index (χ2v) is 9.82. The number of benzene rings is 2. The molecule has 1 aliphatic heterocycles.